The maximum Gasteiger partial charge on any atom is 0.251 e. The molecule has 0 spiro atoms. The molecule has 2 aliphatic heterocycles. The Labute approximate surface area is 177 Å². The number of ether oxygens (including phenoxy) is 2. The van der Waals surface area contributed by atoms with Crippen LogP contribution in [-0.2, 0) is 14.3 Å². The molecule has 2 fully saturated rings. The third-order valence-corrected chi connectivity index (χ3v) is 6.71. The first-order valence-corrected chi connectivity index (χ1v) is 11.7. The van der Waals surface area contributed by atoms with Crippen LogP contribution in [0.4, 0.5) is 0 Å². The van der Waals surface area contributed by atoms with Crippen molar-refractivity contribution in [2.75, 3.05) is 20.3 Å². The van der Waals surface area contributed by atoms with Gasteiger partial charge in [0.05, 0.1) is 12.2 Å². The molecular formula is C24H43NO4. The molecule has 0 radical (unpaired) electrons. The van der Waals surface area contributed by atoms with Gasteiger partial charge in [-0.15, -0.1) is 0 Å². The first kappa shape index (κ1) is 24.4. The van der Waals surface area contributed by atoms with E-state index in [1.165, 1.54) is 45.6 Å². The van der Waals surface area contributed by atoms with Crippen molar-refractivity contribution in [3.8, 4) is 0 Å². The summed E-state index contributed by atoms with van der Waals surface area (Å²) in [6, 6.07) is 0. The number of hydroxylamine groups is 2. The highest BCUT2D eigenvalue weighted by atomic mass is 16.5. The van der Waals surface area contributed by atoms with Crippen molar-refractivity contribution in [1.29, 1.82) is 0 Å². The number of hydrogen-bond donors (Lipinski definition) is 1. The summed E-state index contributed by atoms with van der Waals surface area (Å²) in [5.74, 6) is 0.990. The van der Waals surface area contributed by atoms with E-state index in [1.807, 2.05) is 13.8 Å². The number of rotatable bonds is 14. The third kappa shape index (κ3) is 7.37. The zero-order valence-corrected chi connectivity index (χ0v) is 19.1. The number of fused-ring (bicyclic) bond motifs is 2. The fourth-order valence-corrected chi connectivity index (χ4v) is 4.91. The first-order valence-electron chi connectivity index (χ1n) is 11.7. The summed E-state index contributed by atoms with van der Waals surface area (Å²) in [7, 11) is 1.39. The third-order valence-electron chi connectivity index (χ3n) is 6.71. The molecule has 4 atom stereocenters. The Morgan fingerprint density at radius 2 is 1.86 bits per heavy atom. The zero-order chi connectivity index (χ0) is 21.3. The number of nitrogens with zero attached hydrogens (tertiary/aromatic N) is 1. The Bertz CT molecular complexity index is 517. The van der Waals surface area contributed by atoms with Crippen LogP contribution in [-0.4, -0.2) is 48.6 Å². The van der Waals surface area contributed by atoms with Crippen LogP contribution in [0.25, 0.3) is 0 Å². The molecule has 5 heteroatoms. The minimum absolute atomic E-state index is 0.234. The van der Waals surface area contributed by atoms with Gasteiger partial charge < -0.3 is 9.47 Å². The van der Waals surface area contributed by atoms with E-state index in [2.05, 4.69) is 19.1 Å². The van der Waals surface area contributed by atoms with E-state index >= 15 is 0 Å². The quantitative estimate of drug-likeness (QED) is 0.181. The molecule has 0 aromatic heterocycles. The van der Waals surface area contributed by atoms with Crippen molar-refractivity contribution in [2.45, 2.75) is 97.2 Å². The van der Waals surface area contributed by atoms with Crippen LogP contribution in [0.5, 0.6) is 0 Å². The first-order chi connectivity index (χ1) is 13.9. The molecule has 168 valence electrons. The van der Waals surface area contributed by atoms with Crippen molar-refractivity contribution in [3.63, 3.8) is 0 Å². The Morgan fingerprint density at radius 3 is 2.55 bits per heavy atom. The molecule has 2 saturated heterocycles. The number of carbonyl (C=O) groups excluding carboxylic acids is 1. The van der Waals surface area contributed by atoms with E-state index in [0.29, 0.717) is 29.1 Å². The molecule has 1 N–H and O–H groups in total. The molecule has 0 unspecified atom stereocenters. The molecule has 2 heterocycles. The lowest BCUT2D eigenvalue weighted by atomic mass is 9.76. The van der Waals surface area contributed by atoms with Crippen LogP contribution in [0.2, 0.25) is 0 Å². The van der Waals surface area contributed by atoms with Crippen molar-refractivity contribution in [3.05, 3.63) is 12.2 Å². The summed E-state index contributed by atoms with van der Waals surface area (Å²) in [6.45, 7) is 7.76. The Morgan fingerprint density at radius 1 is 1.14 bits per heavy atom. The molecule has 0 aromatic rings. The van der Waals surface area contributed by atoms with Crippen LogP contribution in [0.3, 0.4) is 0 Å². The van der Waals surface area contributed by atoms with Crippen LogP contribution < -0.4 is 0 Å². The average molecular weight is 410 g/mol. The number of amides is 1. The Kier molecular flexibility index (Phi) is 10.1. The molecule has 0 aliphatic carbocycles. The summed E-state index contributed by atoms with van der Waals surface area (Å²) < 4.78 is 12.1. The summed E-state index contributed by atoms with van der Waals surface area (Å²) in [5.41, 5.74) is -0.541. The molecule has 2 aliphatic rings. The van der Waals surface area contributed by atoms with Gasteiger partial charge >= 0.3 is 0 Å². The minimum Gasteiger partial charge on any atom is -0.381 e. The van der Waals surface area contributed by atoms with Crippen LogP contribution in [0, 0.1) is 17.3 Å². The lowest BCUT2D eigenvalue weighted by Gasteiger charge is -2.27. The molecule has 29 heavy (non-hydrogen) atoms. The van der Waals surface area contributed by atoms with E-state index in [1.54, 1.807) is 0 Å². The van der Waals surface area contributed by atoms with Crippen molar-refractivity contribution >= 4 is 5.91 Å². The van der Waals surface area contributed by atoms with Gasteiger partial charge in [-0.05, 0) is 56.8 Å². The van der Waals surface area contributed by atoms with E-state index in [-0.39, 0.29) is 5.91 Å². The van der Waals surface area contributed by atoms with E-state index in [0.717, 1.165) is 38.9 Å². The second-order valence-corrected chi connectivity index (χ2v) is 9.54. The largest absolute Gasteiger partial charge is 0.381 e. The number of unbranched alkanes of at least 4 members (excludes halogenated alkanes) is 3. The van der Waals surface area contributed by atoms with E-state index < -0.39 is 5.41 Å². The highest BCUT2D eigenvalue weighted by Gasteiger charge is 2.47. The predicted octanol–water partition coefficient (Wildman–Crippen LogP) is 5.37. The Hall–Kier alpha value is -0.910. The van der Waals surface area contributed by atoms with Gasteiger partial charge in [0, 0.05) is 25.7 Å². The summed E-state index contributed by atoms with van der Waals surface area (Å²) in [4.78, 5) is 12.0. The highest BCUT2D eigenvalue weighted by Crippen LogP contribution is 2.46. The van der Waals surface area contributed by atoms with Crippen molar-refractivity contribution in [2.24, 2.45) is 17.3 Å². The van der Waals surface area contributed by atoms with Gasteiger partial charge in [-0.1, -0.05) is 52.2 Å². The van der Waals surface area contributed by atoms with Crippen LogP contribution in [0.1, 0.15) is 85.0 Å². The van der Waals surface area contributed by atoms with E-state index in [9.17, 15) is 10.0 Å². The molecule has 2 rings (SSSR count). The number of hydrogen-bond acceptors (Lipinski definition) is 4. The normalized spacial score (nSPS) is 26.5. The maximum absolute atomic E-state index is 12.0. The number of carbonyl (C=O) groups is 1. The standard InChI is InChI=1S/C24H43NO4/c1-5-6-7-11-17-28-18-15-20-19(21-13-14-22(20)29-21)12-9-8-10-16-24(2,3)23(26)25(4)27/h8-9,19-22,27H,5-7,10-18H2,1-4H3/b9-8-/t19-,20+,21-,22+/m0/s1. The van der Waals surface area contributed by atoms with Crippen LogP contribution in [0.15, 0.2) is 12.2 Å². The van der Waals surface area contributed by atoms with Crippen LogP contribution >= 0.6 is 0 Å². The average Bonchev–Trinajstić information content (AvgIpc) is 3.28. The predicted molar refractivity (Wildman–Crippen MR) is 116 cm³/mol. The highest BCUT2D eigenvalue weighted by molar-refractivity contribution is 5.80. The zero-order valence-electron chi connectivity index (χ0n) is 19.1. The summed E-state index contributed by atoms with van der Waals surface area (Å²) in [6.07, 6.45) is 16.5. The molecule has 0 saturated carbocycles. The molecule has 5 nitrogen and oxygen atoms in total. The van der Waals surface area contributed by atoms with Gasteiger partial charge in [-0.3, -0.25) is 10.0 Å². The van der Waals surface area contributed by atoms with Gasteiger partial charge in [-0.2, -0.15) is 0 Å². The van der Waals surface area contributed by atoms with Gasteiger partial charge in [0.15, 0.2) is 0 Å². The van der Waals surface area contributed by atoms with Gasteiger partial charge in [0.2, 0.25) is 0 Å². The van der Waals surface area contributed by atoms with Crippen molar-refractivity contribution < 1.29 is 19.5 Å². The molecule has 1 amide bonds. The summed E-state index contributed by atoms with van der Waals surface area (Å²) in [5, 5.41) is 10.1. The van der Waals surface area contributed by atoms with E-state index in [4.69, 9.17) is 9.47 Å². The fourth-order valence-electron chi connectivity index (χ4n) is 4.91. The topological polar surface area (TPSA) is 59.0 Å². The Balaban J connectivity index is 1.69. The summed E-state index contributed by atoms with van der Waals surface area (Å²) >= 11 is 0. The SMILES string of the molecule is CCCCCCOCC[C@@H]1[C@H](C/C=C\CCC(C)(C)C(=O)N(C)O)[C@@H]2CC[C@H]1O2. The lowest BCUT2D eigenvalue weighted by molar-refractivity contribution is -0.169. The second-order valence-electron chi connectivity index (χ2n) is 9.54. The second kappa shape index (κ2) is 12.1. The van der Waals surface area contributed by atoms with Gasteiger partial charge in [0.1, 0.15) is 0 Å². The molecular weight excluding hydrogens is 366 g/mol. The fraction of sp³-hybridized carbons (Fsp3) is 0.875. The van der Waals surface area contributed by atoms with Gasteiger partial charge in [0.25, 0.3) is 5.91 Å². The number of allylic oxidation sites excluding steroid dienone is 2. The lowest BCUT2D eigenvalue weighted by Crippen LogP contribution is -2.36. The smallest absolute Gasteiger partial charge is 0.251 e. The minimum atomic E-state index is -0.541. The van der Waals surface area contributed by atoms with Crippen molar-refractivity contribution in [1.82, 2.24) is 5.06 Å². The molecule has 0 aromatic carbocycles. The maximum atomic E-state index is 12.0. The van der Waals surface area contributed by atoms with Gasteiger partial charge in [-0.25, -0.2) is 5.06 Å². The molecule has 2 bridgehead atoms. The monoisotopic (exact) mass is 409 g/mol.